The molecule has 0 N–H and O–H groups in total. The molecule has 0 heterocycles. The van der Waals surface area contributed by atoms with Crippen molar-refractivity contribution in [1.29, 1.82) is 0 Å². The summed E-state index contributed by atoms with van der Waals surface area (Å²) in [6, 6.07) is 8.11. The SMILES string of the molecule is CCCCCCCCCCCCOc1cc(N=Cc2cc(C(C)(C)C)cc(C(C)(C)C)c2[O-])cc(OCCCCCCCCCCCC)c1OCCCCCCCCCCCC. The van der Waals surface area contributed by atoms with Crippen LogP contribution in [0.5, 0.6) is 23.0 Å². The summed E-state index contributed by atoms with van der Waals surface area (Å²) in [6.45, 7) is 21.7. The molecule has 0 spiro atoms. The molecule has 5 nitrogen and oxygen atoms in total. The fourth-order valence-corrected chi connectivity index (χ4v) is 8.18. The second kappa shape index (κ2) is 33.8. The minimum Gasteiger partial charge on any atom is -0.872 e. The minimum absolute atomic E-state index is 0.0422. The number of aliphatic imine (C=N–C) groups is 1. The Labute approximate surface area is 384 Å². The Hall–Kier alpha value is -2.69. The molecular formula is C57H98NO4-. The highest BCUT2D eigenvalue weighted by Gasteiger charge is 2.22. The van der Waals surface area contributed by atoms with E-state index in [1.807, 2.05) is 18.2 Å². The molecule has 2 aromatic carbocycles. The van der Waals surface area contributed by atoms with Gasteiger partial charge in [-0.15, -0.1) is 0 Å². The number of hydrogen-bond acceptors (Lipinski definition) is 5. The Morgan fingerprint density at radius 1 is 0.435 bits per heavy atom. The van der Waals surface area contributed by atoms with Gasteiger partial charge in [-0.05, 0) is 46.8 Å². The first-order valence-corrected chi connectivity index (χ1v) is 26.4. The average molecular weight is 861 g/mol. The topological polar surface area (TPSA) is 63.1 Å². The van der Waals surface area contributed by atoms with Crippen LogP contribution in [0.1, 0.15) is 272 Å². The van der Waals surface area contributed by atoms with Crippen LogP contribution in [0.25, 0.3) is 0 Å². The van der Waals surface area contributed by atoms with Crippen LogP contribution in [0.15, 0.2) is 29.3 Å². The van der Waals surface area contributed by atoms with E-state index in [4.69, 9.17) is 19.2 Å². The molecule has 2 aromatic rings. The van der Waals surface area contributed by atoms with E-state index in [2.05, 4.69) is 68.4 Å². The van der Waals surface area contributed by atoms with Crippen LogP contribution in [0, 0.1) is 0 Å². The maximum absolute atomic E-state index is 13.9. The summed E-state index contributed by atoms with van der Waals surface area (Å²) in [4.78, 5) is 4.98. The van der Waals surface area contributed by atoms with Gasteiger partial charge >= 0.3 is 0 Å². The van der Waals surface area contributed by atoms with E-state index < -0.39 is 0 Å². The second-order valence-electron chi connectivity index (χ2n) is 20.6. The van der Waals surface area contributed by atoms with Crippen LogP contribution in [-0.2, 0) is 10.8 Å². The van der Waals surface area contributed by atoms with Gasteiger partial charge in [0.05, 0.1) is 25.5 Å². The molecule has 0 amide bonds. The predicted molar refractivity (Wildman–Crippen MR) is 269 cm³/mol. The van der Waals surface area contributed by atoms with Crippen molar-refractivity contribution in [2.45, 2.75) is 266 Å². The average Bonchev–Trinajstić information content (AvgIpc) is 3.23. The Morgan fingerprint density at radius 3 is 1.11 bits per heavy atom. The smallest absolute Gasteiger partial charge is 0.203 e. The van der Waals surface area contributed by atoms with Gasteiger partial charge in [0.1, 0.15) is 0 Å². The lowest BCUT2D eigenvalue weighted by Gasteiger charge is -2.31. The molecule has 5 heteroatoms. The van der Waals surface area contributed by atoms with Crippen LogP contribution >= 0.6 is 0 Å². The van der Waals surface area contributed by atoms with Crippen molar-refractivity contribution in [1.82, 2.24) is 0 Å². The molecule has 0 saturated heterocycles. The highest BCUT2D eigenvalue weighted by atomic mass is 16.5. The van der Waals surface area contributed by atoms with Crippen molar-refractivity contribution in [2.24, 2.45) is 4.99 Å². The fourth-order valence-electron chi connectivity index (χ4n) is 8.18. The molecular weight excluding hydrogens is 763 g/mol. The molecule has 0 unspecified atom stereocenters. The summed E-state index contributed by atoms with van der Waals surface area (Å²) in [6.07, 6.45) is 40.3. The largest absolute Gasteiger partial charge is 0.872 e. The van der Waals surface area contributed by atoms with Crippen molar-refractivity contribution in [3.63, 3.8) is 0 Å². The highest BCUT2D eigenvalue weighted by Crippen LogP contribution is 2.43. The number of benzene rings is 2. The lowest BCUT2D eigenvalue weighted by Crippen LogP contribution is -2.20. The van der Waals surface area contributed by atoms with Gasteiger partial charge in [-0.3, -0.25) is 4.99 Å². The van der Waals surface area contributed by atoms with Gasteiger partial charge in [0.15, 0.2) is 11.5 Å². The van der Waals surface area contributed by atoms with Crippen molar-refractivity contribution in [2.75, 3.05) is 19.8 Å². The molecule has 0 fully saturated rings. The van der Waals surface area contributed by atoms with E-state index in [0.717, 1.165) is 43.2 Å². The van der Waals surface area contributed by atoms with Crippen LogP contribution < -0.4 is 19.3 Å². The van der Waals surface area contributed by atoms with E-state index in [-0.39, 0.29) is 16.6 Å². The lowest BCUT2D eigenvalue weighted by atomic mass is 9.79. The highest BCUT2D eigenvalue weighted by molar-refractivity contribution is 5.87. The minimum atomic E-state index is -0.278. The number of ether oxygens (including phenoxy) is 3. The first kappa shape index (κ1) is 55.4. The molecule has 0 aliphatic rings. The molecule has 0 radical (unpaired) electrons. The third-order valence-electron chi connectivity index (χ3n) is 12.4. The van der Waals surface area contributed by atoms with Crippen molar-refractivity contribution in [3.8, 4) is 23.0 Å². The molecule has 62 heavy (non-hydrogen) atoms. The molecule has 0 saturated carbocycles. The summed E-state index contributed by atoms with van der Waals surface area (Å²) in [7, 11) is 0. The quantitative estimate of drug-likeness (QED) is 0.0498. The zero-order chi connectivity index (χ0) is 45.3. The van der Waals surface area contributed by atoms with Crippen LogP contribution in [-0.4, -0.2) is 26.0 Å². The van der Waals surface area contributed by atoms with E-state index in [1.54, 1.807) is 6.21 Å². The number of unbranched alkanes of at least 4 members (excludes halogenated alkanes) is 27. The molecule has 0 atom stereocenters. The molecule has 2 rings (SSSR count). The summed E-state index contributed by atoms with van der Waals surface area (Å²) < 4.78 is 19.9. The van der Waals surface area contributed by atoms with Crippen LogP contribution in [0.3, 0.4) is 0 Å². The maximum atomic E-state index is 13.9. The Balaban J connectivity index is 2.29. The summed E-state index contributed by atoms with van der Waals surface area (Å²) in [5.74, 6) is 2.14. The van der Waals surface area contributed by atoms with E-state index in [0.29, 0.717) is 48.3 Å². The number of nitrogens with zero attached hydrogens (tertiary/aromatic N) is 1. The maximum Gasteiger partial charge on any atom is 0.203 e. The molecule has 0 aliphatic carbocycles. The van der Waals surface area contributed by atoms with Gasteiger partial charge in [0.25, 0.3) is 0 Å². The van der Waals surface area contributed by atoms with Gasteiger partial charge < -0.3 is 19.3 Å². The Morgan fingerprint density at radius 2 is 0.774 bits per heavy atom. The number of rotatable bonds is 38. The molecule has 356 valence electrons. The fraction of sp³-hybridized carbons (Fsp3) is 0.772. The first-order chi connectivity index (χ1) is 29.9. The van der Waals surface area contributed by atoms with Gasteiger partial charge in [-0.1, -0.05) is 254 Å². The standard InChI is InChI=1S/C57H99NO4/c1-10-13-16-19-22-25-28-31-34-37-40-60-52-45-50(58-47-48-43-49(56(4,5)6)44-51(54(48)59)57(7,8)9)46-53(61-41-38-35-32-29-26-23-20-17-14-11-2)55(52)62-42-39-36-33-30-27-24-21-18-15-12-3/h43-47,59H,10-42H2,1-9H3/p-1. The predicted octanol–water partition coefficient (Wildman–Crippen LogP) is 18.0. The van der Waals surface area contributed by atoms with E-state index in [9.17, 15) is 5.11 Å². The van der Waals surface area contributed by atoms with E-state index in [1.165, 1.54) is 161 Å². The van der Waals surface area contributed by atoms with Gasteiger partial charge in [-0.2, -0.15) is 0 Å². The molecule has 0 bridgehead atoms. The van der Waals surface area contributed by atoms with Crippen LogP contribution in [0.2, 0.25) is 0 Å². The second-order valence-corrected chi connectivity index (χ2v) is 20.6. The third kappa shape index (κ3) is 25.0. The molecule has 0 aliphatic heterocycles. The van der Waals surface area contributed by atoms with Gasteiger partial charge in [0, 0.05) is 18.3 Å². The number of hydrogen-bond donors (Lipinski definition) is 0. The van der Waals surface area contributed by atoms with Crippen LogP contribution in [0.4, 0.5) is 5.69 Å². The molecule has 0 aromatic heterocycles. The van der Waals surface area contributed by atoms with Crippen molar-refractivity contribution in [3.05, 3.63) is 41.0 Å². The first-order valence-electron chi connectivity index (χ1n) is 26.4. The van der Waals surface area contributed by atoms with Crippen molar-refractivity contribution >= 4 is 11.9 Å². The normalized spacial score (nSPS) is 12.1. The monoisotopic (exact) mass is 861 g/mol. The Kier molecular flexibility index (Phi) is 30.2. The zero-order valence-corrected chi connectivity index (χ0v) is 42.3. The summed E-state index contributed by atoms with van der Waals surface area (Å²) in [5.41, 5.74) is 2.91. The van der Waals surface area contributed by atoms with E-state index >= 15 is 0 Å². The van der Waals surface area contributed by atoms with Gasteiger partial charge in [0.2, 0.25) is 5.75 Å². The lowest BCUT2D eigenvalue weighted by molar-refractivity contribution is -0.270. The van der Waals surface area contributed by atoms with Gasteiger partial charge in [-0.25, -0.2) is 0 Å². The Bertz CT molecular complexity index is 1390. The summed E-state index contributed by atoms with van der Waals surface area (Å²) in [5, 5.41) is 13.9. The van der Waals surface area contributed by atoms with Crippen molar-refractivity contribution < 1.29 is 19.3 Å². The summed E-state index contributed by atoms with van der Waals surface area (Å²) >= 11 is 0. The zero-order valence-electron chi connectivity index (χ0n) is 42.3. The third-order valence-corrected chi connectivity index (χ3v) is 12.4.